The maximum absolute atomic E-state index is 6.08. The Bertz CT molecular complexity index is 2270. The molecule has 0 atom stereocenters. The quantitative estimate of drug-likeness (QED) is 0.150. The molecule has 0 saturated carbocycles. The lowest BCUT2D eigenvalue weighted by Gasteiger charge is -2.36. The first-order chi connectivity index (χ1) is 24.7. The third kappa shape index (κ3) is 5.41. The number of nitrogens with zero attached hydrogens (tertiary/aromatic N) is 7. The zero-order chi connectivity index (χ0) is 33.9. The minimum absolute atomic E-state index is 0.492. The normalized spacial score (nSPS) is 11.6. The van der Waals surface area contributed by atoms with Gasteiger partial charge in [0.15, 0.2) is 11.5 Å². The van der Waals surface area contributed by atoms with Crippen LogP contribution in [0.2, 0.25) is 0 Å². The molecule has 0 spiro atoms. The number of benzene rings is 5. The minimum atomic E-state index is -0.846. The van der Waals surface area contributed by atoms with Gasteiger partial charge in [0.05, 0.1) is 6.54 Å². The highest BCUT2D eigenvalue weighted by Crippen LogP contribution is 2.43. The molecule has 0 aliphatic heterocycles. The van der Waals surface area contributed by atoms with Crippen LogP contribution in [0.5, 0.6) is 0 Å². The van der Waals surface area contributed by atoms with Crippen LogP contribution in [0.1, 0.15) is 41.4 Å². The first-order valence-electron chi connectivity index (χ1n) is 16.9. The van der Waals surface area contributed by atoms with Gasteiger partial charge in [0.2, 0.25) is 0 Å². The van der Waals surface area contributed by atoms with E-state index < -0.39 is 5.54 Å². The van der Waals surface area contributed by atoms with Gasteiger partial charge in [0.1, 0.15) is 22.7 Å². The van der Waals surface area contributed by atoms with Gasteiger partial charge in [-0.3, -0.25) is 0 Å². The summed E-state index contributed by atoms with van der Waals surface area (Å²) in [5.74, 6) is 2.17. The second kappa shape index (κ2) is 13.2. The SMILES string of the molecule is CCCc1nc2ccc(N)nc2n1Cc1ccc(-c2ccccc2-c2nnnn2C(c2ccccc2)(c2ccccc2)c2ccccc2)cc1. The number of aryl methyl sites for hydroxylation is 1. The Balaban J connectivity index is 1.24. The van der Waals surface area contributed by atoms with Crippen molar-refractivity contribution >= 4 is 17.0 Å². The molecule has 8 nitrogen and oxygen atoms in total. The molecule has 0 saturated heterocycles. The predicted octanol–water partition coefficient (Wildman–Crippen LogP) is 8.18. The predicted molar refractivity (Wildman–Crippen MR) is 198 cm³/mol. The summed E-state index contributed by atoms with van der Waals surface area (Å²) in [5.41, 5.74) is 14.2. The van der Waals surface area contributed by atoms with E-state index in [2.05, 4.69) is 137 Å². The Kier molecular flexibility index (Phi) is 8.18. The molecule has 0 bridgehead atoms. The zero-order valence-corrected chi connectivity index (χ0v) is 27.8. The topological polar surface area (TPSA) is 100 Å². The van der Waals surface area contributed by atoms with Crippen LogP contribution in [0, 0.1) is 0 Å². The Morgan fingerprint density at radius 1 is 0.620 bits per heavy atom. The van der Waals surface area contributed by atoms with Crippen LogP contribution in [-0.4, -0.2) is 34.7 Å². The number of hydrogen-bond acceptors (Lipinski definition) is 6. The van der Waals surface area contributed by atoms with E-state index in [1.165, 1.54) is 0 Å². The highest BCUT2D eigenvalue weighted by Gasteiger charge is 2.42. The first-order valence-corrected chi connectivity index (χ1v) is 16.9. The van der Waals surface area contributed by atoms with Crippen LogP contribution in [0.3, 0.4) is 0 Å². The van der Waals surface area contributed by atoms with E-state index in [0.29, 0.717) is 18.2 Å². The minimum Gasteiger partial charge on any atom is -0.384 e. The Labute approximate surface area is 290 Å². The number of tetrazole rings is 1. The van der Waals surface area contributed by atoms with E-state index in [1.54, 1.807) is 0 Å². The van der Waals surface area contributed by atoms with Crippen molar-refractivity contribution in [3.8, 4) is 22.5 Å². The summed E-state index contributed by atoms with van der Waals surface area (Å²) in [6.07, 6.45) is 1.86. The summed E-state index contributed by atoms with van der Waals surface area (Å²) in [5, 5.41) is 13.8. The molecule has 0 unspecified atom stereocenters. The van der Waals surface area contributed by atoms with Gasteiger partial charge >= 0.3 is 0 Å². The van der Waals surface area contributed by atoms with Crippen molar-refractivity contribution in [2.24, 2.45) is 0 Å². The van der Waals surface area contributed by atoms with Crippen molar-refractivity contribution in [3.63, 3.8) is 0 Å². The highest BCUT2D eigenvalue weighted by molar-refractivity contribution is 5.81. The number of aromatic nitrogens is 7. The maximum Gasteiger partial charge on any atom is 0.184 e. The molecule has 3 heterocycles. The van der Waals surface area contributed by atoms with E-state index in [1.807, 2.05) is 41.1 Å². The molecule has 8 aromatic rings. The summed E-state index contributed by atoms with van der Waals surface area (Å²) in [4.78, 5) is 9.49. The first kappa shape index (κ1) is 30.9. The van der Waals surface area contributed by atoms with Gasteiger partial charge in [0, 0.05) is 12.0 Å². The van der Waals surface area contributed by atoms with Crippen LogP contribution in [-0.2, 0) is 18.5 Å². The zero-order valence-electron chi connectivity index (χ0n) is 27.8. The lowest BCUT2D eigenvalue weighted by molar-refractivity contribution is 0.451. The average molecular weight is 653 g/mol. The number of fused-ring (bicyclic) bond motifs is 1. The second-order valence-corrected chi connectivity index (χ2v) is 12.4. The van der Waals surface area contributed by atoms with E-state index in [4.69, 9.17) is 21.0 Å². The molecule has 0 aliphatic carbocycles. The molecule has 50 heavy (non-hydrogen) atoms. The van der Waals surface area contributed by atoms with Gasteiger partial charge in [-0.25, -0.2) is 14.6 Å². The summed E-state index contributed by atoms with van der Waals surface area (Å²) in [6, 6.07) is 52.2. The summed E-state index contributed by atoms with van der Waals surface area (Å²) in [6.45, 7) is 2.81. The number of anilines is 1. The third-order valence-electron chi connectivity index (χ3n) is 9.30. The molecule has 3 aromatic heterocycles. The molecule has 5 aromatic carbocycles. The fourth-order valence-corrected chi connectivity index (χ4v) is 7.03. The van der Waals surface area contributed by atoms with Crippen molar-refractivity contribution in [2.45, 2.75) is 31.8 Å². The molecule has 2 N–H and O–H groups in total. The Hall–Kier alpha value is -6.41. The van der Waals surface area contributed by atoms with Gasteiger partial charge in [-0.1, -0.05) is 146 Å². The monoisotopic (exact) mass is 652 g/mol. The van der Waals surface area contributed by atoms with Crippen LogP contribution >= 0.6 is 0 Å². The van der Waals surface area contributed by atoms with Gasteiger partial charge in [-0.05, 0) is 62.4 Å². The van der Waals surface area contributed by atoms with E-state index in [-0.39, 0.29) is 0 Å². The molecule has 0 aliphatic rings. The Morgan fingerprint density at radius 2 is 1.20 bits per heavy atom. The van der Waals surface area contributed by atoms with Gasteiger partial charge in [-0.2, -0.15) is 0 Å². The standard InChI is InChI=1S/C42H36N8/c1-2-14-39-44-37-27-28-38(43)45-41(37)49(39)29-30-23-25-31(26-24-30)35-21-12-13-22-36(35)40-46-47-48-50(40)42(32-15-6-3-7-16-32,33-17-8-4-9-18-33)34-19-10-5-11-20-34/h3-13,15-28H,2,14,29H2,1H3,(H2,43,45). The van der Waals surface area contributed by atoms with Crippen molar-refractivity contribution in [1.29, 1.82) is 0 Å². The molecule has 244 valence electrons. The molecule has 8 rings (SSSR count). The number of nitrogen functional groups attached to an aromatic ring is 1. The maximum atomic E-state index is 6.08. The van der Waals surface area contributed by atoms with E-state index in [9.17, 15) is 0 Å². The van der Waals surface area contributed by atoms with Crippen LogP contribution in [0.25, 0.3) is 33.7 Å². The van der Waals surface area contributed by atoms with Gasteiger partial charge in [-0.15, -0.1) is 5.10 Å². The van der Waals surface area contributed by atoms with Crippen molar-refractivity contribution in [2.75, 3.05) is 5.73 Å². The van der Waals surface area contributed by atoms with Gasteiger partial charge in [0.25, 0.3) is 0 Å². The molecule has 8 heteroatoms. The van der Waals surface area contributed by atoms with E-state index >= 15 is 0 Å². The molecule has 0 fully saturated rings. The Morgan fingerprint density at radius 3 is 1.80 bits per heavy atom. The number of hydrogen-bond donors (Lipinski definition) is 1. The lowest BCUT2D eigenvalue weighted by atomic mass is 9.77. The van der Waals surface area contributed by atoms with Crippen LogP contribution in [0.4, 0.5) is 5.82 Å². The molecular formula is C42H36N8. The number of nitrogens with two attached hydrogens (primary N) is 1. The van der Waals surface area contributed by atoms with Crippen molar-refractivity contribution < 1.29 is 0 Å². The smallest absolute Gasteiger partial charge is 0.184 e. The third-order valence-corrected chi connectivity index (χ3v) is 9.30. The highest BCUT2D eigenvalue weighted by atomic mass is 15.6. The van der Waals surface area contributed by atoms with Crippen molar-refractivity contribution in [1.82, 2.24) is 34.7 Å². The second-order valence-electron chi connectivity index (χ2n) is 12.4. The molecule has 0 radical (unpaired) electrons. The lowest BCUT2D eigenvalue weighted by Crippen LogP contribution is -2.39. The largest absolute Gasteiger partial charge is 0.384 e. The van der Waals surface area contributed by atoms with Crippen LogP contribution in [0.15, 0.2) is 152 Å². The summed E-state index contributed by atoms with van der Waals surface area (Å²) < 4.78 is 4.17. The fourth-order valence-electron chi connectivity index (χ4n) is 7.03. The molecule has 0 amide bonds. The number of rotatable bonds is 10. The van der Waals surface area contributed by atoms with E-state index in [0.717, 1.165) is 68.8 Å². The fraction of sp³-hybridized carbons (Fsp3) is 0.119. The number of pyridine rings is 1. The van der Waals surface area contributed by atoms with Gasteiger partial charge < -0.3 is 10.3 Å². The van der Waals surface area contributed by atoms with Crippen molar-refractivity contribution in [3.05, 3.63) is 180 Å². The molecular weight excluding hydrogens is 617 g/mol. The summed E-state index contributed by atoms with van der Waals surface area (Å²) >= 11 is 0. The summed E-state index contributed by atoms with van der Waals surface area (Å²) in [7, 11) is 0. The van der Waals surface area contributed by atoms with Crippen LogP contribution < -0.4 is 5.73 Å². The number of imidazole rings is 1. The average Bonchev–Trinajstić information content (AvgIpc) is 3.79.